The van der Waals surface area contributed by atoms with Crippen LogP contribution in [-0.2, 0) is 10.0 Å². The molecule has 6 heteroatoms. The fourth-order valence-corrected chi connectivity index (χ4v) is 3.27. The summed E-state index contributed by atoms with van der Waals surface area (Å²) in [4.78, 5) is -0.141. The molecule has 2 N–H and O–H groups in total. The molecule has 4 nitrogen and oxygen atoms in total. The van der Waals surface area contributed by atoms with E-state index in [2.05, 4.69) is 20.7 Å². The van der Waals surface area contributed by atoms with Crippen LogP contribution in [0.5, 0.6) is 5.75 Å². The minimum Gasteiger partial charge on any atom is -0.507 e. The van der Waals surface area contributed by atoms with E-state index in [1.165, 1.54) is 12.1 Å². The quantitative estimate of drug-likeness (QED) is 0.884. The smallest absolute Gasteiger partial charge is 0.265 e. The predicted molar refractivity (Wildman–Crippen MR) is 82.5 cm³/mol. The molecule has 0 heterocycles. The van der Waals surface area contributed by atoms with Crippen molar-refractivity contribution in [3.63, 3.8) is 0 Å². The number of aromatic hydroxyl groups is 1. The summed E-state index contributed by atoms with van der Waals surface area (Å²) in [6, 6.07) is 9.29. The number of phenolic OH excluding ortho intramolecular Hbond substituents is 1. The molecule has 0 saturated carbocycles. The molecule has 0 radical (unpaired) electrons. The lowest BCUT2D eigenvalue weighted by Crippen LogP contribution is -2.13. The van der Waals surface area contributed by atoms with Crippen LogP contribution in [0.15, 0.2) is 45.8 Å². The fourth-order valence-electron chi connectivity index (χ4n) is 1.90. The Morgan fingerprint density at radius 1 is 1.10 bits per heavy atom. The van der Waals surface area contributed by atoms with Crippen molar-refractivity contribution < 1.29 is 13.5 Å². The van der Waals surface area contributed by atoms with E-state index in [4.69, 9.17) is 0 Å². The Kier molecular flexibility index (Phi) is 4.06. The van der Waals surface area contributed by atoms with Crippen molar-refractivity contribution in [2.45, 2.75) is 18.7 Å². The molecule has 0 bridgehead atoms. The number of hydrogen-bond acceptors (Lipinski definition) is 3. The summed E-state index contributed by atoms with van der Waals surface area (Å²) in [6.07, 6.45) is 0. The van der Waals surface area contributed by atoms with Gasteiger partial charge in [-0.05, 0) is 49.2 Å². The highest BCUT2D eigenvalue weighted by molar-refractivity contribution is 9.10. The van der Waals surface area contributed by atoms with Gasteiger partial charge in [0.25, 0.3) is 10.0 Å². The van der Waals surface area contributed by atoms with E-state index in [0.717, 1.165) is 15.6 Å². The summed E-state index contributed by atoms with van der Waals surface area (Å²) in [5.41, 5.74) is 2.33. The number of benzene rings is 2. The van der Waals surface area contributed by atoms with E-state index in [0.29, 0.717) is 5.69 Å². The first-order valence-electron chi connectivity index (χ1n) is 5.89. The molecule has 0 atom stereocenters. The molecule has 20 heavy (non-hydrogen) atoms. The van der Waals surface area contributed by atoms with Gasteiger partial charge in [0.05, 0.1) is 0 Å². The first-order valence-corrected chi connectivity index (χ1v) is 8.16. The summed E-state index contributed by atoms with van der Waals surface area (Å²) < 4.78 is 27.9. The molecular formula is C14H14BrNO3S. The van der Waals surface area contributed by atoms with Crippen LogP contribution in [0.4, 0.5) is 5.69 Å². The van der Waals surface area contributed by atoms with E-state index in [-0.39, 0.29) is 10.6 Å². The Labute approximate surface area is 126 Å². The van der Waals surface area contributed by atoms with Crippen molar-refractivity contribution in [3.8, 4) is 5.75 Å². The molecule has 0 aliphatic rings. The molecule has 0 saturated heterocycles. The van der Waals surface area contributed by atoms with Gasteiger partial charge < -0.3 is 5.11 Å². The Balaban J connectivity index is 2.42. The first kappa shape index (κ1) is 14.9. The molecular weight excluding hydrogens is 342 g/mol. The molecule has 0 aliphatic heterocycles. The standard InChI is InChI=1S/C14H14BrNO3S/c1-9-7-11(8-10(2)14(9)15)16-20(18,19)13-6-4-3-5-12(13)17/h3-8,16-17H,1-2H3. The van der Waals surface area contributed by atoms with Crippen LogP contribution < -0.4 is 4.72 Å². The van der Waals surface area contributed by atoms with Crippen molar-refractivity contribution in [2.24, 2.45) is 0 Å². The molecule has 0 aliphatic carbocycles. The molecule has 0 spiro atoms. The predicted octanol–water partition coefficient (Wildman–Crippen LogP) is 3.57. The van der Waals surface area contributed by atoms with E-state index in [1.807, 2.05) is 13.8 Å². The maximum atomic E-state index is 12.2. The monoisotopic (exact) mass is 355 g/mol. The fraction of sp³-hybridized carbons (Fsp3) is 0.143. The molecule has 2 aromatic rings. The Hall–Kier alpha value is -1.53. The average molecular weight is 356 g/mol. The summed E-state index contributed by atoms with van der Waals surface area (Å²) in [6.45, 7) is 3.77. The third-order valence-corrected chi connectivity index (χ3v) is 5.52. The minimum atomic E-state index is -3.81. The number of sulfonamides is 1. The van der Waals surface area contributed by atoms with Gasteiger partial charge in [0.1, 0.15) is 10.6 Å². The van der Waals surface area contributed by atoms with E-state index < -0.39 is 10.0 Å². The van der Waals surface area contributed by atoms with Crippen molar-refractivity contribution in [1.82, 2.24) is 0 Å². The summed E-state index contributed by atoms with van der Waals surface area (Å²) in [7, 11) is -3.81. The van der Waals surface area contributed by atoms with Crippen molar-refractivity contribution >= 4 is 31.6 Å². The van der Waals surface area contributed by atoms with Gasteiger partial charge in [0, 0.05) is 10.2 Å². The zero-order valence-corrected chi connectivity index (χ0v) is 13.4. The zero-order chi connectivity index (χ0) is 14.9. The molecule has 0 unspecified atom stereocenters. The second-order valence-corrected chi connectivity index (χ2v) is 6.94. The van der Waals surface area contributed by atoms with Gasteiger partial charge in [-0.15, -0.1) is 0 Å². The summed E-state index contributed by atoms with van der Waals surface area (Å²) in [5.74, 6) is -0.273. The van der Waals surface area contributed by atoms with Crippen LogP contribution in [0.3, 0.4) is 0 Å². The highest BCUT2D eigenvalue weighted by atomic mass is 79.9. The third kappa shape index (κ3) is 2.96. The lowest BCUT2D eigenvalue weighted by atomic mass is 10.1. The number of aryl methyl sites for hydroxylation is 2. The van der Waals surface area contributed by atoms with Gasteiger partial charge in [0.15, 0.2) is 0 Å². The highest BCUT2D eigenvalue weighted by Gasteiger charge is 2.18. The van der Waals surface area contributed by atoms with Crippen LogP contribution >= 0.6 is 15.9 Å². The number of anilines is 1. The molecule has 0 fully saturated rings. The van der Waals surface area contributed by atoms with Crippen LogP contribution in [-0.4, -0.2) is 13.5 Å². The largest absolute Gasteiger partial charge is 0.507 e. The minimum absolute atomic E-state index is 0.141. The second-order valence-electron chi connectivity index (χ2n) is 4.50. The number of halogens is 1. The third-order valence-electron chi connectivity index (χ3n) is 2.84. The Morgan fingerprint density at radius 3 is 2.20 bits per heavy atom. The normalized spacial score (nSPS) is 11.3. The van der Waals surface area contributed by atoms with Crippen molar-refractivity contribution in [3.05, 3.63) is 52.0 Å². The lowest BCUT2D eigenvalue weighted by molar-refractivity contribution is 0.459. The molecule has 0 amide bonds. The number of nitrogens with one attached hydrogen (secondary N) is 1. The Morgan fingerprint density at radius 2 is 1.65 bits per heavy atom. The average Bonchev–Trinajstić information content (AvgIpc) is 2.35. The van der Waals surface area contributed by atoms with Gasteiger partial charge in [-0.3, -0.25) is 4.72 Å². The topological polar surface area (TPSA) is 66.4 Å². The van der Waals surface area contributed by atoms with Gasteiger partial charge in [-0.2, -0.15) is 0 Å². The number of hydrogen-bond donors (Lipinski definition) is 2. The van der Waals surface area contributed by atoms with Gasteiger partial charge >= 0.3 is 0 Å². The van der Waals surface area contributed by atoms with Crippen LogP contribution in [0.2, 0.25) is 0 Å². The first-order chi connectivity index (χ1) is 9.31. The van der Waals surface area contributed by atoms with Crippen LogP contribution in [0.1, 0.15) is 11.1 Å². The Bertz CT molecular complexity index is 734. The highest BCUT2D eigenvalue weighted by Crippen LogP contribution is 2.28. The molecule has 2 rings (SSSR count). The van der Waals surface area contributed by atoms with Crippen molar-refractivity contribution in [2.75, 3.05) is 4.72 Å². The number of para-hydroxylation sites is 1. The zero-order valence-electron chi connectivity index (χ0n) is 11.0. The molecule has 106 valence electrons. The maximum Gasteiger partial charge on any atom is 0.265 e. The van der Waals surface area contributed by atoms with E-state index in [1.54, 1.807) is 24.3 Å². The van der Waals surface area contributed by atoms with Gasteiger partial charge in [-0.1, -0.05) is 28.1 Å². The van der Waals surface area contributed by atoms with E-state index in [9.17, 15) is 13.5 Å². The molecule has 0 aromatic heterocycles. The summed E-state index contributed by atoms with van der Waals surface area (Å²) >= 11 is 3.43. The number of phenols is 1. The maximum absolute atomic E-state index is 12.2. The second kappa shape index (κ2) is 5.46. The van der Waals surface area contributed by atoms with E-state index >= 15 is 0 Å². The van der Waals surface area contributed by atoms with Crippen molar-refractivity contribution in [1.29, 1.82) is 0 Å². The summed E-state index contributed by atoms with van der Waals surface area (Å²) in [5, 5.41) is 9.65. The van der Waals surface area contributed by atoms with Crippen LogP contribution in [0, 0.1) is 13.8 Å². The van der Waals surface area contributed by atoms with Crippen LogP contribution in [0.25, 0.3) is 0 Å². The SMILES string of the molecule is Cc1cc(NS(=O)(=O)c2ccccc2O)cc(C)c1Br. The van der Waals surface area contributed by atoms with Gasteiger partial charge in [-0.25, -0.2) is 8.42 Å². The molecule has 2 aromatic carbocycles. The number of rotatable bonds is 3. The lowest BCUT2D eigenvalue weighted by Gasteiger charge is -2.12. The van der Waals surface area contributed by atoms with Gasteiger partial charge in [0.2, 0.25) is 0 Å².